The smallest absolute Gasteiger partial charge is 0.250 e. The molecule has 2 aromatic rings. The molecule has 3 N–H and O–H groups in total. The van der Waals surface area contributed by atoms with Crippen LogP contribution in [0.15, 0.2) is 48.5 Å². The number of aryl methyl sites for hydroxylation is 1. The zero-order chi connectivity index (χ0) is 18.9. The number of rotatable bonds is 8. The van der Waals surface area contributed by atoms with Crippen molar-refractivity contribution in [2.75, 3.05) is 24.4 Å². The van der Waals surface area contributed by atoms with Gasteiger partial charge < -0.3 is 20.7 Å². The average molecular weight is 355 g/mol. The molecular formula is C20H25N3O3. The highest BCUT2D eigenvalue weighted by Crippen LogP contribution is 2.14. The van der Waals surface area contributed by atoms with Crippen molar-refractivity contribution in [2.24, 2.45) is 0 Å². The van der Waals surface area contributed by atoms with Gasteiger partial charge in [0.1, 0.15) is 12.6 Å². The van der Waals surface area contributed by atoms with Gasteiger partial charge in [-0.15, -0.1) is 0 Å². The van der Waals surface area contributed by atoms with E-state index in [-0.39, 0.29) is 24.5 Å². The van der Waals surface area contributed by atoms with Crippen molar-refractivity contribution < 1.29 is 14.3 Å². The third-order valence-corrected chi connectivity index (χ3v) is 3.81. The van der Waals surface area contributed by atoms with Crippen LogP contribution in [0.4, 0.5) is 11.4 Å². The lowest BCUT2D eigenvalue weighted by Crippen LogP contribution is -2.37. The van der Waals surface area contributed by atoms with Gasteiger partial charge in [0.05, 0.1) is 0 Å². The second kappa shape index (κ2) is 9.58. The second-order valence-electron chi connectivity index (χ2n) is 6.13. The molecule has 0 fully saturated rings. The van der Waals surface area contributed by atoms with Crippen molar-refractivity contribution >= 4 is 23.2 Å². The van der Waals surface area contributed by atoms with E-state index in [1.807, 2.05) is 43.3 Å². The van der Waals surface area contributed by atoms with Crippen LogP contribution in [0.2, 0.25) is 0 Å². The molecule has 0 aliphatic rings. The Morgan fingerprint density at radius 1 is 1.00 bits per heavy atom. The molecule has 0 heterocycles. The van der Waals surface area contributed by atoms with Crippen molar-refractivity contribution in [3.8, 4) is 0 Å². The van der Waals surface area contributed by atoms with Crippen molar-refractivity contribution in [2.45, 2.75) is 26.4 Å². The molecule has 1 unspecified atom stereocenters. The molecule has 0 spiro atoms. The number of anilines is 2. The first-order valence-corrected chi connectivity index (χ1v) is 8.46. The fourth-order valence-electron chi connectivity index (χ4n) is 2.34. The average Bonchev–Trinajstić information content (AvgIpc) is 2.62. The van der Waals surface area contributed by atoms with Crippen LogP contribution in [0.25, 0.3) is 0 Å². The minimum absolute atomic E-state index is 0.0121. The summed E-state index contributed by atoms with van der Waals surface area (Å²) in [6, 6.07) is 14.8. The second-order valence-corrected chi connectivity index (χ2v) is 6.13. The van der Waals surface area contributed by atoms with Gasteiger partial charge in [0.15, 0.2) is 0 Å². The first-order valence-electron chi connectivity index (χ1n) is 8.46. The van der Waals surface area contributed by atoms with Gasteiger partial charge in [-0.2, -0.15) is 0 Å². The number of ether oxygens (including phenoxy) is 1. The van der Waals surface area contributed by atoms with Gasteiger partial charge in [0, 0.05) is 25.0 Å². The molecule has 6 heteroatoms. The first-order chi connectivity index (χ1) is 12.5. The van der Waals surface area contributed by atoms with Crippen molar-refractivity contribution in [3.05, 3.63) is 59.7 Å². The predicted octanol–water partition coefficient (Wildman–Crippen LogP) is 2.70. The Morgan fingerprint density at radius 2 is 1.62 bits per heavy atom. The van der Waals surface area contributed by atoms with Gasteiger partial charge in [-0.1, -0.05) is 29.8 Å². The Kier molecular flexibility index (Phi) is 7.17. The molecule has 6 nitrogen and oxygen atoms in total. The Bertz CT molecular complexity index is 727. The zero-order valence-electron chi connectivity index (χ0n) is 15.3. The largest absolute Gasteiger partial charge is 0.375 e. The van der Waals surface area contributed by atoms with Gasteiger partial charge in [-0.25, -0.2) is 0 Å². The van der Waals surface area contributed by atoms with E-state index in [1.165, 1.54) is 12.7 Å². The van der Waals surface area contributed by atoms with E-state index < -0.39 is 0 Å². The highest BCUT2D eigenvalue weighted by Gasteiger charge is 2.12. The van der Waals surface area contributed by atoms with Crippen molar-refractivity contribution in [1.82, 2.24) is 5.32 Å². The number of amides is 2. The number of nitrogens with one attached hydrogen (secondary N) is 3. The monoisotopic (exact) mass is 355 g/mol. The van der Waals surface area contributed by atoms with Crippen LogP contribution >= 0.6 is 0 Å². The van der Waals surface area contributed by atoms with E-state index >= 15 is 0 Å². The third-order valence-electron chi connectivity index (χ3n) is 3.81. The van der Waals surface area contributed by atoms with Crippen LogP contribution in [-0.4, -0.2) is 31.6 Å². The maximum absolute atomic E-state index is 12.2. The van der Waals surface area contributed by atoms with E-state index in [1.54, 1.807) is 19.1 Å². The highest BCUT2D eigenvalue weighted by atomic mass is 16.5. The lowest BCUT2D eigenvalue weighted by Gasteiger charge is -2.16. The summed E-state index contributed by atoms with van der Waals surface area (Å²) < 4.78 is 4.77. The molecule has 2 aromatic carbocycles. The Balaban J connectivity index is 1.82. The molecule has 26 heavy (non-hydrogen) atoms. The van der Waals surface area contributed by atoms with Gasteiger partial charge in [-0.3, -0.25) is 9.59 Å². The minimum Gasteiger partial charge on any atom is -0.375 e. The van der Waals surface area contributed by atoms with E-state index in [2.05, 4.69) is 16.0 Å². The first kappa shape index (κ1) is 19.5. The summed E-state index contributed by atoms with van der Waals surface area (Å²) in [5.74, 6) is -0.292. The van der Waals surface area contributed by atoms with Crippen LogP contribution in [0.1, 0.15) is 18.1 Å². The van der Waals surface area contributed by atoms with Crippen molar-refractivity contribution in [1.29, 1.82) is 0 Å². The molecule has 0 aromatic heterocycles. The molecule has 0 radical (unpaired) electrons. The molecule has 0 aliphatic carbocycles. The molecule has 2 amide bonds. The molecule has 1 atom stereocenters. The minimum atomic E-state index is -0.380. The van der Waals surface area contributed by atoms with E-state index in [4.69, 9.17) is 4.74 Å². The summed E-state index contributed by atoms with van der Waals surface area (Å²) >= 11 is 0. The number of methoxy groups -OCH3 is 1. The number of benzene rings is 2. The topological polar surface area (TPSA) is 79.5 Å². The summed E-state index contributed by atoms with van der Waals surface area (Å²) in [4.78, 5) is 23.7. The lowest BCUT2D eigenvalue weighted by atomic mass is 10.1. The summed E-state index contributed by atoms with van der Waals surface area (Å²) in [5, 5.41) is 8.78. The van der Waals surface area contributed by atoms with E-state index in [0.717, 1.165) is 11.3 Å². The molecule has 138 valence electrons. The molecule has 2 rings (SSSR count). The summed E-state index contributed by atoms with van der Waals surface area (Å²) in [6.07, 6.45) is 0. The summed E-state index contributed by atoms with van der Waals surface area (Å²) in [5.41, 5.74) is 3.73. The number of carbonyl (C=O) groups excluding carboxylic acids is 2. The van der Waals surface area contributed by atoms with Gasteiger partial charge in [-0.05, 0) is 43.7 Å². The molecular weight excluding hydrogens is 330 g/mol. The fourth-order valence-corrected chi connectivity index (χ4v) is 2.34. The molecule has 0 saturated carbocycles. The van der Waals surface area contributed by atoms with Crippen LogP contribution in [0, 0.1) is 6.92 Å². The third kappa shape index (κ3) is 6.22. The van der Waals surface area contributed by atoms with E-state index in [9.17, 15) is 9.59 Å². The van der Waals surface area contributed by atoms with Crippen LogP contribution in [0.3, 0.4) is 0 Å². The normalized spacial score (nSPS) is 11.5. The Morgan fingerprint density at radius 3 is 2.23 bits per heavy atom. The maximum atomic E-state index is 12.2. The quantitative estimate of drug-likeness (QED) is 0.680. The molecule has 0 aliphatic heterocycles. The highest BCUT2D eigenvalue weighted by molar-refractivity contribution is 5.92. The van der Waals surface area contributed by atoms with Crippen LogP contribution < -0.4 is 16.0 Å². The number of hydrogen-bond acceptors (Lipinski definition) is 4. The standard InChI is InChI=1S/C20H25N3O3/c1-14-4-6-16(7-5-14)12-21-20(25)15(2)22-17-8-10-18(11-9-17)23-19(24)13-26-3/h4-11,15,22H,12-13H2,1-3H3,(H,21,25)(H,23,24). The number of carbonyl (C=O) groups is 2. The lowest BCUT2D eigenvalue weighted by molar-refractivity contribution is -0.121. The zero-order valence-corrected chi connectivity index (χ0v) is 15.3. The number of hydrogen-bond donors (Lipinski definition) is 3. The van der Waals surface area contributed by atoms with E-state index in [0.29, 0.717) is 12.2 Å². The van der Waals surface area contributed by atoms with Gasteiger partial charge in [0.2, 0.25) is 11.8 Å². The van der Waals surface area contributed by atoms with Crippen molar-refractivity contribution in [3.63, 3.8) is 0 Å². The fraction of sp³-hybridized carbons (Fsp3) is 0.300. The Labute approximate surface area is 153 Å². The SMILES string of the molecule is COCC(=O)Nc1ccc(NC(C)C(=O)NCc2ccc(C)cc2)cc1. The summed E-state index contributed by atoms with van der Waals surface area (Å²) in [6.45, 7) is 4.34. The van der Waals surface area contributed by atoms with Crippen LogP contribution in [0.5, 0.6) is 0 Å². The van der Waals surface area contributed by atoms with Crippen LogP contribution in [-0.2, 0) is 20.9 Å². The van der Waals surface area contributed by atoms with Gasteiger partial charge >= 0.3 is 0 Å². The molecule has 0 bridgehead atoms. The Hall–Kier alpha value is -2.86. The summed E-state index contributed by atoms with van der Waals surface area (Å²) in [7, 11) is 1.47. The predicted molar refractivity (Wildman–Crippen MR) is 103 cm³/mol. The molecule has 0 saturated heterocycles. The maximum Gasteiger partial charge on any atom is 0.250 e. The van der Waals surface area contributed by atoms with Gasteiger partial charge in [0.25, 0.3) is 0 Å².